The predicted molar refractivity (Wildman–Crippen MR) is 89.7 cm³/mol. The van der Waals surface area contributed by atoms with Gasteiger partial charge >= 0.3 is 0 Å². The molecule has 7 heteroatoms. The largest absolute Gasteiger partial charge is 0.494 e. The van der Waals surface area contributed by atoms with Crippen molar-refractivity contribution in [2.45, 2.75) is 24.0 Å². The van der Waals surface area contributed by atoms with E-state index in [2.05, 4.69) is 5.32 Å². The van der Waals surface area contributed by atoms with Crippen molar-refractivity contribution in [3.8, 4) is 5.75 Å². The number of carbonyl (C=O) groups excluding carboxylic acids is 1. The minimum atomic E-state index is -3.39. The number of rotatable bonds is 5. The topological polar surface area (TPSA) is 72.5 Å². The molecule has 0 saturated carbocycles. The van der Waals surface area contributed by atoms with Crippen LogP contribution in [-0.4, -0.2) is 26.7 Å². The monoisotopic (exact) mass is 351 g/mol. The molecular formula is C17H18FNO4S. The zero-order valence-electron chi connectivity index (χ0n) is 13.5. The van der Waals surface area contributed by atoms with Crippen molar-refractivity contribution >= 4 is 21.4 Å². The molecule has 0 atom stereocenters. The highest BCUT2D eigenvalue weighted by atomic mass is 32.2. The van der Waals surface area contributed by atoms with Crippen molar-refractivity contribution in [3.05, 3.63) is 53.8 Å². The third kappa shape index (κ3) is 3.73. The Labute approximate surface area is 140 Å². The molecule has 0 fully saturated rings. The van der Waals surface area contributed by atoms with Crippen LogP contribution in [0, 0.1) is 5.82 Å². The summed E-state index contributed by atoms with van der Waals surface area (Å²) < 4.78 is 42.5. The summed E-state index contributed by atoms with van der Waals surface area (Å²) in [6.45, 7) is 3.18. The number of carbonyl (C=O) groups is 1. The Morgan fingerprint density at radius 3 is 2.25 bits per heavy atom. The second-order valence-electron chi connectivity index (χ2n) is 5.42. The molecule has 0 radical (unpaired) electrons. The zero-order valence-corrected chi connectivity index (χ0v) is 14.4. The maximum absolute atomic E-state index is 13.6. The Balaban J connectivity index is 2.18. The van der Waals surface area contributed by atoms with Crippen LogP contribution in [0.2, 0.25) is 0 Å². The standard InChI is InChI=1S/C17H18FNO4S/c1-11(2)24(21,22)14-7-4-12(5-8-14)17(20)19-13-6-9-16(23-3)15(18)10-13/h4-11H,1-3H3,(H,19,20). The van der Waals surface area contributed by atoms with Crippen molar-refractivity contribution in [1.29, 1.82) is 0 Å². The number of hydrogen-bond acceptors (Lipinski definition) is 4. The second kappa shape index (κ2) is 7.00. The van der Waals surface area contributed by atoms with Crippen molar-refractivity contribution in [1.82, 2.24) is 0 Å². The first kappa shape index (κ1) is 17.9. The maximum atomic E-state index is 13.6. The molecule has 2 rings (SSSR count). The highest BCUT2D eigenvalue weighted by Gasteiger charge is 2.19. The normalized spacial score (nSPS) is 11.4. The van der Waals surface area contributed by atoms with Crippen LogP contribution in [-0.2, 0) is 9.84 Å². The van der Waals surface area contributed by atoms with E-state index in [4.69, 9.17) is 4.74 Å². The average Bonchev–Trinajstić information content (AvgIpc) is 2.55. The molecule has 0 bridgehead atoms. The van der Waals surface area contributed by atoms with Crippen molar-refractivity contribution in [3.63, 3.8) is 0 Å². The van der Waals surface area contributed by atoms with Crippen molar-refractivity contribution < 1.29 is 22.3 Å². The van der Waals surface area contributed by atoms with Gasteiger partial charge in [0.1, 0.15) is 0 Å². The summed E-state index contributed by atoms with van der Waals surface area (Å²) in [6, 6.07) is 9.68. The number of nitrogens with one attached hydrogen (secondary N) is 1. The fourth-order valence-corrected chi connectivity index (χ4v) is 3.08. The van der Waals surface area contributed by atoms with Gasteiger partial charge in [-0.05, 0) is 50.2 Å². The van der Waals surface area contributed by atoms with Gasteiger partial charge in [0.05, 0.1) is 17.3 Å². The quantitative estimate of drug-likeness (QED) is 0.897. The number of benzene rings is 2. The van der Waals surface area contributed by atoms with Gasteiger partial charge in [0.25, 0.3) is 5.91 Å². The first-order chi connectivity index (χ1) is 11.3. The van der Waals surface area contributed by atoms with E-state index in [0.29, 0.717) is 0 Å². The number of anilines is 1. The van der Waals surface area contributed by atoms with Crippen LogP contribution in [0.15, 0.2) is 47.4 Å². The molecule has 5 nitrogen and oxygen atoms in total. The molecule has 0 aliphatic rings. The lowest BCUT2D eigenvalue weighted by molar-refractivity contribution is 0.102. The fourth-order valence-electron chi connectivity index (χ4n) is 2.02. The fraction of sp³-hybridized carbons (Fsp3) is 0.235. The second-order valence-corrected chi connectivity index (χ2v) is 7.93. The van der Waals surface area contributed by atoms with Gasteiger partial charge in [0.2, 0.25) is 0 Å². The molecule has 1 amide bonds. The molecule has 0 heterocycles. The molecule has 2 aromatic rings. The third-order valence-electron chi connectivity index (χ3n) is 3.48. The molecule has 0 aromatic heterocycles. The molecule has 128 valence electrons. The van der Waals surface area contributed by atoms with E-state index >= 15 is 0 Å². The number of halogens is 1. The summed E-state index contributed by atoms with van der Waals surface area (Å²) in [5.74, 6) is -0.974. The van der Waals surface area contributed by atoms with Crippen LogP contribution in [0.25, 0.3) is 0 Å². The first-order valence-electron chi connectivity index (χ1n) is 7.24. The molecule has 0 aliphatic carbocycles. The van der Waals surface area contributed by atoms with Gasteiger partial charge in [-0.2, -0.15) is 0 Å². The van der Waals surface area contributed by atoms with Crippen LogP contribution in [0.1, 0.15) is 24.2 Å². The summed E-state index contributed by atoms with van der Waals surface area (Å²) in [7, 11) is -2.04. The Bertz CT molecular complexity index is 845. The van der Waals surface area contributed by atoms with Gasteiger partial charge in [0, 0.05) is 17.3 Å². The molecule has 0 unspecified atom stereocenters. The number of sulfone groups is 1. The minimum absolute atomic E-state index is 0.0799. The third-order valence-corrected chi connectivity index (χ3v) is 5.65. The smallest absolute Gasteiger partial charge is 0.255 e. The molecule has 0 saturated heterocycles. The van der Waals surface area contributed by atoms with E-state index in [9.17, 15) is 17.6 Å². The van der Waals surface area contributed by atoms with Crippen molar-refractivity contribution in [2.24, 2.45) is 0 Å². The Kier molecular flexibility index (Phi) is 5.23. The summed E-state index contributed by atoms with van der Waals surface area (Å²) >= 11 is 0. The van der Waals surface area contributed by atoms with Gasteiger partial charge < -0.3 is 10.1 Å². The maximum Gasteiger partial charge on any atom is 0.255 e. The summed E-state index contributed by atoms with van der Waals surface area (Å²) in [5, 5.41) is 2.01. The van der Waals surface area contributed by atoms with Crippen LogP contribution < -0.4 is 10.1 Å². The molecule has 0 spiro atoms. The summed E-state index contributed by atoms with van der Waals surface area (Å²) in [6.07, 6.45) is 0. The number of hydrogen-bond donors (Lipinski definition) is 1. The van der Waals surface area contributed by atoms with Gasteiger partial charge in [-0.3, -0.25) is 4.79 Å². The SMILES string of the molecule is COc1ccc(NC(=O)c2ccc(S(=O)(=O)C(C)C)cc2)cc1F. The number of methoxy groups -OCH3 is 1. The Morgan fingerprint density at radius 2 is 1.75 bits per heavy atom. The molecule has 2 aromatic carbocycles. The van der Waals surface area contributed by atoms with Crippen LogP contribution in [0.3, 0.4) is 0 Å². The summed E-state index contributed by atoms with van der Waals surface area (Å²) in [4.78, 5) is 12.3. The highest BCUT2D eigenvalue weighted by Crippen LogP contribution is 2.21. The van der Waals surface area contributed by atoms with Crippen molar-refractivity contribution in [2.75, 3.05) is 12.4 Å². The van der Waals surface area contributed by atoms with Gasteiger partial charge in [-0.1, -0.05) is 0 Å². The van der Waals surface area contributed by atoms with Gasteiger partial charge in [-0.15, -0.1) is 0 Å². The van der Waals surface area contributed by atoms with E-state index in [-0.39, 0.29) is 21.9 Å². The molecule has 1 N–H and O–H groups in total. The minimum Gasteiger partial charge on any atom is -0.494 e. The Hall–Kier alpha value is -2.41. The predicted octanol–water partition coefficient (Wildman–Crippen LogP) is 3.27. The lowest BCUT2D eigenvalue weighted by atomic mass is 10.2. The molecular weight excluding hydrogens is 333 g/mol. The van der Waals surface area contributed by atoms with E-state index < -0.39 is 26.8 Å². The first-order valence-corrected chi connectivity index (χ1v) is 8.79. The van der Waals surface area contributed by atoms with E-state index in [1.807, 2.05) is 0 Å². The number of amides is 1. The highest BCUT2D eigenvalue weighted by molar-refractivity contribution is 7.92. The lowest BCUT2D eigenvalue weighted by Gasteiger charge is -2.10. The Morgan fingerprint density at radius 1 is 1.12 bits per heavy atom. The molecule has 24 heavy (non-hydrogen) atoms. The van der Waals surface area contributed by atoms with Crippen LogP contribution >= 0.6 is 0 Å². The molecule has 0 aliphatic heterocycles. The number of ether oxygens (including phenoxy) is 1. The van der Waals surface area contributed by atoms with Gasteiger partial charge in [0.15, 0.2) is 21.4 Å². The van der Waals surface area contributed by atoms with Crippen LogP contribution in [0.5, 0.6) is 5.75 Å². The van der Waals surface area contributed by atoms with E-state index in [1.54, 1.807) is 13.8 Å². The lowest BCUT2D eigenvalue weighted by Crippen LogP contribution is -2.15. The summed E-state index contributed by atoms with van der Waals surface area (Å²) in [5.41, 5.74) is 0.547. The van der Waals surface area contributed by atoms with E-state index in [0.717, 1.165) is 6.07 Å². The van der Waals surface area contributed by atoms with E-state index in [1.165, 1.54) is 43.5 Å². The van der Waals surface area contributed by atoms with Gasteiger partial charge in [-0.25, -0.2) is 12.8 Å². The van der Waals surface area contributed by atoms with Crippen LogP contribution in [0.4, 0.5) is 10.1 Å². The average molecular weight is 351 g/mol. The zero-order chi connectivity index (χ0) is 17.9.